The number of para-hydroxylation sites is 1. The molecule has 0 aliphatic carbocycles. The molecular formula is C26H21N3O. The average molecular weight is 391 g/mol. The Morgan fingerprint density at radius 1 is 0.833 bits per heavy atom. The smallest absolute Gasteiger partial charge is 0.270 e. The molecule has 1 aromatic heterocycles. The fourth-order valence-electron chi connectivity index (χ4n) is 3.13. The Balaban J connectivity index is 1.55. The molecule has 3 aromatic carbocycles. The zero-order valence-corrected chi connectivity index (χ0v) is 16.4. The van der Waals surface area contributed by atoms with Crippen LogP contribution in [0.15, 0.2) is 109 Å². The number of nitrogens with zero attached hydrogens (tertiary/aromatic N) is 1. The fourth-order valence-corrected chi connectivity index (χ4v) is 3.13. The number of carbonyl (C=O) groups is 1. The van der Waals surface area contributed by atoms with Gasteiger partial charge in [0.05, 0.1) is 16.8 Å². The number of hydrogen-bond donors (Lipinski definition) is 2. The topological polar surface area (TPSA) is 54.0 Å². The number of allylic oxidation sites excluding steroid dienone is 1. The van der Waals surface area contributed by atoms with Gasteiger partial charge in [-0.25, -0.2) is 4.98 Å². The number of hydrazine groups is 1. The largest absolute Gasteiger partial charge is 0.299 e. The van der Waals surface area contributed by atoms with E-state index in [1.54, 1.807) is 0 Å². The van der Waals surface area contributed by atoms with Crippen molar-refractivity contribution in [2.24, 2.45) is 0 Å². The molecular weight excluding hydrogens is 370 g/mol. The molecule has 0 atom stereocenters. The highest BCUT2D eigenvalue weighted by Crippen LogP contribution is 2.24. The van der Waals surface area contributed by atoms with Gasteiger partial charge in [0, 0.05) is 16.6 Å². The van der Waals surface area contributed by atoms with Crippen molar-refractivity contribution in [3.63, 3.8) is 0 Å². The van der Waals surface area contributed by atoms with Crippen molar-refractivity contribution in [1.29, 1.82) is 0 Å². The number of rotatable bonds is 6. The molecule has 0 spiro atoms. The Morgan fingerprint density at radius 2 is 1.50 bits per heavy atom. The van der Waals surface area contributed by atoms with E-state index in [0.29, 0.717) is 11.3 Å². The Morgan fingerprint density at radius 3 is 2.27 bits per heavy atom. The molecule has 30 heavy (non-hydrogen) atoms. The first-order valence-electron chi connectivity index (χ1n) is 9.64. The summed E-state index contributed by atoms with van der Waals surface area (Å²) in [4.78, 5) is 17.7. The summed E-state index contributed by atoms with van der Waals surface area (Å²) in [5.74, 6) is -0.250. The minimum Gasteiger partial charge on any atom is -0.299 e. The summed E-state index contributed by atoms with van der Waals surface area (Å²) in [6, 6.07) is 29.2. The zero-order valence-electron chi connectivity index (χ0n) is 16.4. The molecule has 4 nitrogen and oxygen atoms in total. The van der Waals surface area contributed by atoms with Crippen LogP contribution in [0.4, 0.5) is 0 Å². The van der Waals surface area contributed by atoms with Crippen LogP contribution in [0.2, 0.25) is 0 Å². The van der Waals surface area contributed by atoms with Gasteiger partial charge in [0.15, 0.2) is 0 Å². The van der Waals surface area contributed by atoms with Crippen LogP contribution in [0.3, 0.4) is 0 Å². The third-order valence-corrected chi connectivity index (χ3v) is 4.64. The van der Waals surface area contributed by atoms with Gasteiger partial charge < -0.3 is 0 Å². The summed E-state index contributed by atoms with van der Waals surface area (Å²) in [6.07, 6.45) is 3.74. The molecule has 1 heterocycles. The molecule has 0 bridgehead atoms. The molecule has 0 saturated carbocycles. The lowest BCUT2D eigenvalue weighted by Gasteiger charge is -2.12. The first-order chi connectivity index (χ1) is 14.7. The van der Waals surface area contributed by atoms with Crippen molar-refractivity contribution in [3.05, 3.63) is 120 Å². The van der Waals surface area contributed by atoms with E-state index in [1.807, 2.05) is 103 Å². The third kappa shape index (κ3) is 4.45. The zero-order chi connectivity index (χ0) is 20.8. The van der Waals surface area contributed by atoms with Crippen molar-refractivity contribution in [2.75, 3.05) is 0 Å². The maximum atomic E-state index is 13.0. The van der Waals surface area contributed by atoms with Gasteiger partial charge in [0.2, 0.25) is 0 Å². The van der Waals surface area contributed by atoms with Crippen LogP contribution in [-0.2, 0) is 0 Å². The van der Waals surface area contributed by atoms with Gasteiger partial charge in [0.25, 0.3) is 5.91 Å². The minimum atomic E-state index is -0.250. The molecule has 146 valence electrons. The van der Waals surface area contributed by atoms with Crippen LogP contribution >= 0.6 is 0 Å². The lowest BCUT2D eigenvalue weighted by molar-refractivity contribution is 0.0941. The predicted molar refractivity (Wildman–Crippen MR) is 122 cm³/mol. The van der Waals surface area contributed by atoms with E-state index < -0.39 is 0 Å². The fraction of sp³-hybridized carbons (Fsp3) is 0. The van der Waals surface area contributed by atoms with Crippen molar-refractivity contribution in [3.8, 4) is 11.3 Å². The van der Waals surface area contributed by atoms with Gasteiger partial charge >= 0.3 is 0 Å². The number of amides is 1. The van der Waals surface area contributed by atoms with E-state index in [9.17, 15) is 4.79 Å². The molecule has 0 radical (unpaired) electrons. The van der Waals surface area contributed by atoms with Crippen molar-refractivity contribution >= 4 is 22.9 Å². The molecule has 0 fully saturated rings. The Hall–Kier alpha value is -4.18. The molecule has 4 heteroatoms. The molecule has 1 amide bonds. The number of fused-ring (bicyclic) bond motifs is 1. The van der Waals surface area contributed by atoms with Crippen LogP contribution < -0.4 is 10.9 Å². The normalized spacial score (nSPS) is 10.8. The highest BCUT2D eigenvalue weighted by molar-refractivity contribution is 6.07. The molecule has 0 aliphatic heterocycles. The van der Waals surface area contributed by atoms with Crippen LogP contribution in [0.1, 0.15) is 15.9 Å². The van der Waals surface area contributed by atoms with Gasteiger partial charge in [-0.2, -0.15) is 0 Å². The van der Waals surface area contributed by atoms with E-state index in [1.165, 1.54) is 0 Å². The number of carbonyl (C=O) groups excluding carboxylic acids is 1. The number of nitrogens with one attached hydrogen (secondary N) is 2. The molecule has 0 unspecified atom stereocenters. The number of pyridine rings is 1. The van der Waals surface area contributed by atoms with E-state index in [0.717, 1.165) is 27.7 Å². The molecule has 2 N–H and O–H groups in total. The first kappa shape index (κ1) is 19.2. The summed E-state index contributed by atoms with van der Waals surface area (Å²) < 4.78 is 0. The number of aromatic nitrogens is 1. The van der Waals surface area contributed by atoms with Gasteiger partial charge in [-0.1, -0.05) is 91.5 Å². The van der Waals surface area contributed by atoms with E-state index in [2.05, 4.69) is 17.4 Å². The van der Waals surface area contributed by atoms with E-state index >= 15 is 0 Å². The summed E-state index contributed by atoms with van der Waals surface area (Å²) in [5, 5.41) is 0.793. The van der Waals surface area contributed by atoms with Crippen molar-refractivity contribution in [1.82, 2.24) is 15.8 Å². The van der Waals surface area contributed by atoms with Crippen molar-refractivity contribution in [2.45, 2.75) is 0 Å². The highest BCUT2D eigenvalue weighted by atomic mass is 16.2. The van der Waals surface area contributed by atoms with Gasteiger partial charge in [-0.15, -0.1) is 0 Å². The number of benzene rings is 3. The summed E-state index contributed by atoms with van der Waals surface area (Å²) in [5.41, 5.74) is 10.3. The Bertz CT molecular complexity index is 1210. The second-order valence-corrected chi connectivity index (χ2v) is 6.79. The third-order valence-electron chi connectivity index (χ3n) is 4.64. The first-order valence-corrected chi connectivity index (χ1v) is 9.64. The second-order valence-electron chi connectivity index (χ2n) is 6.79. The summed E-state index contributed by atoms with van der Waals surface area (Å²) >= 11 is 0. The maximum Gasteiger partial charge on any atom is 0.270 e. The average Bonchev–Trinajstić information content (AvgIpc) is 2.81. The molecule has 4 aromatic rings. The Kier molecular flexibility index (Phi) is 5.67. The van der Waals surface area contributed by atoms with Crippen LogP contribution in [0.25, 0.3) is 28.2 Å². The van der Waals surface area contributed by atoms with E-state index in [4.69, 9.17) is 4.98 Å². The predicted octanol–water partition coefficient (Wildman–Crippen LogP) is 5.36. The molecule has 0 saturated heterocycles. The minimum absolute atomic E-state index is 0.250. The monoisotopic (exact) mass is 391 g/mol. The van der Waals surface area contributed by atoms with Gasteiger partial charge in [-0.05, 0) is 23.8 Å². The Labute approximate surface area is 175 Å². The maximum absolute atomic E-state index is 13.0. The standard InChI is InChI=1S/C26H21N3O/c1-19(16-17-20-10-4-2-5-11-20)28-29-26(30)23-18-25(21-12-6-3-7-13-21)27-24-15-9-8-14-22(23)24/h2-18,28H,1H2,(H,29,30). The van der Waals surface area contributed by atoms with Crippen molar-refractivity contribution < 1.29 is 4.79 Å². The molecule has 0 aliphatic rings. The SMILES string of the molecule is C=C(C=Cc1ccccc1)NNC(=O)c1cc(-c2ccccc2)nc2ccccc12. The lowest BCUT2D eigenvalue weighted by atomic mass is 10.0. The van der Waals surface area contributed by atoms with Gasteiger partial charge in [-0.3, -0.25) is 15.6 Å². The van der Waals surface area contributed by atoms with Gasteiger partial charge in [0.1, 0.15) is 0 Å². The lowest BCUT2D eigenvalue weighted by Crippen LogP contribution is -2.36. The molecule has 4 rings (SSSR count). The van der Waals surface area contributed by atoms with E-state index in [-0.39, 0.29) is 5.91 Å². The van der Waals surface area contributed by atoms with Crippen LogP contribution in [0.5, 0.6) is 0 Å². The second kappa shape index (κ2) is 8.88. The van der Waals surface area contributed by atoms with Crippen LogP contribution in [0, 0.1) is 0 Å². The summed E-state index contributed by atoms with van der Waals surface area (Å²) in [7, 11) is 0. The van der Waals surface area contributed by atoms with Crippen LogP contribution in [-0.4, -0.2) is 10.9 Å². The quantitative estimate of drug-likeness (QED) is 0.343. The summed E-state index contributed by atoms with van der Waals surface area (Å²) in [6.45, 7) is 3.94. The highest BCUT2D eigenvalue weighted by Gasteiger charge is 2.13. The number of hydrogen-bond acceptors (Lipinski definition) is 3.